The lowest BCUT2D eigenvalue weighted by Crippen LogP contribution is -2.42. The molecule has 0 amide bonds. The molecular formula is C28H54N4. The first-order chi connectivity index (χ1) is 15.6. The smallest absolute Gasteiger partial charge is 0.0109 e. The Labute approximate surface area is 200 Å². The summed E-state index contributed by atoms with van der Waals surface area (Å²) in [5.41, 5.74) is 0. The monoisotopic (exact) mass is 446 g/mol. The van der Waals surface area contributed by atoms with Crippen LogP contribution in [0.15, 0.2) is 0 Å². The molecule has 4 aliphatic heterocycles. The molecule has 0 aromatic carbocycles. The summed E-state index contributed by atoms with van der Waals surface area (Å²) < 4.78 is 0. The SMILES string of the molecule is CC1CCN(CCN2CCC(CCC3CCN(CCC4CCN(C)CC4)CC3)CC2)CC1. The summed E-state index contributed by atoms with van der Waals surface area (Å²) in [6.07, 6.45) is 16.1. The van der Waals surface area contributed by atoms with Gasteiger partial charge in [-0.05, 0) is 147 Å². The van der Waals surface area contributed by atoms with Gasteiger partial charge in [0.1, 0.15) is 0 Å². The lowest BCUT2D eigenvalue weighted by molar-refractivity contribution is 0.124. The van der Waals surface area contributed by atoms with Crippen LogP contribution in [0.25, 0.3) is 0 Å². The Morgan fingerprint density at radius 1 is 0.469 bits per heavy atom. The Balaban J connectivity index is 1.01. The molecule has 0 aliphatic carbocycles. The molecule has 0 aromatic heterocycles. The molecule has 0 N–H and O–H groups in total. The van der Waals surface area contributed by atoms with Crippen LogP contribution in [0.5, 0.6) is 0 Å². The van der Waals surface area contributed by atoms with Crippen molar-refractivity contribution in [3.05, 3.63) is 0 Å². The molecule has 4 aliphatic rings. The van der Waals surface area contributed by atoms with Crippen molar-refractivity contribution in [2.24, 2.45) is 23.7 Å². The lowest BCUT2D eigenvalue weighted by atomic mass is 9.85. The van der Waals surface area contributed by atoms with Crippen LogP contribution in [0.4, 0.5) is 0 Å². The number of nitrogens with zero attached hydrogens (tertiary/aromatic N) is 4. The van der Waals surface area contributed by atoms with E-state index in [1.807, 2.05) is 0 Å². The number of likely N-dealkylation sites (tertiary alicyclic amines) is 4. The fourth-order valence-electron chi connectivity index (χ4n) is 6.75. The van der Waals surface area contributed by atoms with Gasteiger partial charge >= 0.3 is 0 Å². The van der Waals surface area contributed by atoms with E-state index in [4.69, 9.17) is 0 Å². The lowest BCUT2D eigenvalue weighted by Gasteiger charge is -2.37. The van der Waals surface area contributed by atoms with Crippen molar-refractivity contribution in [3.63, 3.8) is 0 Å². The molecule has 0 unspecified atom stereocenters. The normalized spacial score (nSPS) is 27.9. The van der Waals surface area contributed by atoms with Crippen LogP contribution in [0.3, 0.4) is 0 Å². The average Bonchev–Trinajstić information content (AvgIpc) is 2.83. The first kappa shape index (κ1) is 24.9. The molecule has 32 heavy (non-hydrogen) atoms. The minimum atomic E-state index is 0.957. The molecule has 0 saturated carbocycles. The van der Waals surface area contributed by atoms with E-state index >= 15 is 0 Å². The molecule has 0 atom stereocenters. The van der Waals surface area contributed by atoms with Gasteiger partial charge in [-0.3, -0.25) is 0 Å². The molecule has 4 heterocycles. The highest BCUT2D eigenvalue weighted by atomic mass is 15.2. The van der Waals surface area contributed by atoms with Crippen molar-refractivity contribution in [2.75, 3.05) is 79.0 Å². The maximum Gasteiger partial charge on any atom is 0.0109 e. The summed E-state index contributed by atoms with van der Waals surface area (Å²) in [6.45, 7) is 17.2. The van der Waals surface area contributed by atoms with Crippen LogP contribution in [-0.2, 0) is 0 Å². The van der Waals surface area contributed by atoms with Crippen LogP contribution in [0.2, 0.25) is 0 Å². The highest BCUT2D eigenvalue weighted by Gasteiger charge is 2.24. The summed E-state index contributed by atoms with van der Waals surface area (Å²) in [4.78, 5) is 10.8. The van der Waals surface area contributed by atoms with Crippen LogP contribution in [0, 0.1) is 23.7 Å². The molecule has 4 heteroatoms. The largest absolute Gasteiger partial charge is 0.306 e. The standard InChI is InChI=1S/C28H54N4/c1-25-5-16-31(17-6-25)23-24-32-21-11-27(12-22-32)4-3-26-9-18-30(19-10-26)20-13-28-7-14-29(2)15-8-28/h25-28H,3-24H2,1-2H3. The molecule has 4 saturated heterocycles. The van der Waals surface area contributed by atoms with Crippen molar-refractivity contribution < 1.29 is 0 Å². The van der Waals surface area contributed by atoms with E-state index in [-0.39, 0.29) is 0 Å². The minimum absolute atomic E-state index is 0.957. The van der Waals surface area contributed by atoms with Gasteiger partial charge in [0, 0.05) is 13.1 Å². The van der Waals surface area contributed by atoms with Gasteiger partial charge in [-0.15, -0.1) is 0 Å². The fraction of sp³-hybridized carbons (Fsp3) is 1.00. The zero-order valence-electron chi connectivity index (χ0n) is 21.7. The van der Waals surface area contributed by atoms with E-state index < -0.39 is 0 Å². The van der Waals surface area contributed by atoms with Crippen LogP contribution in [0.1, 0.15) is 77.6 Å². The fourth-order valence-corrected chi connectivity index (χ4v) is 6.75. The van der Waals surface area contributed by atoms with Gasteiger partial charge in [0.25, 0.3) is 0 Å². The maximum atomic E-state index is 2.79. The number of piperidine rings is 4. The zero-order valence-corrected chi connectivity index (χ0v) is 21.7. The van der Waals surface area contributed by atoms with Gasteiger partial charge in [-0.2, -0.15) is 0 Å². The van der Waals surface area contributed by atoms with Crippen LogP contribution >= 0.6 is 0 Å². The predicted octanol–water partition coefficient (Wildman–Crippen LogP) is 4.65. The second-order valence-electron chi connectivity index (χ2n) is 12.2. The van der Waals surface area contributed by atoms with Gasteiger partial charge in [-0.25, -0.2) is 0 Å². The number of hydrogen-bond acceptors (Lipinski definition) is 4. The van der Waals surface area contributed by atoms with Gasteiger partial charge in [0.15, 0.2) is 0 Å². The van der Waals surface area contributed by atoms with Crippen molar-refractivity contribution in [1.29, 1.82) is 0 Å². The highest BCUT2D eigenvalue weighted by molar-refractivity contribution is 4.79. The molecule has 0 spiro atoms. The first-order valence-electron chi connectivity index (χ1n) is 14.5. The van der Waals surface area contributed by atoms with Crippen molar-refractivity contribution >= 4 is 0 Å². The maximum absolute atomic E-state index is 2.79. The Kier molecular flexibility index (Phi) is 10.2. The van der Waals surface area contributed by atoms with Crippen molar-refractivity contribution in [2.45, 2.75) is 77.6 Å². The molecule has 4 fully saturated rings. The van der Waals surface area contributed by atoms with Gasteiger partial charge < -0.3 is 19.6 Å². The Morgan fingerprint density at radius 3 is 1.34 bits per heavy atom. The molecule has 0 radical (unpaired) electrons. The van der Waals surface area contributed by atoms with Crippen molar-refractivity contribution in [1.82, 2.24) is 19.6 Å². The molecule has 186 valence electrons. The summed E-state index contributed by atoms with van der Waals surface area (Å²) >= 11 is 0. The third kappa shape index (κ3) is 8.25. The summed E-state index contributed by atoms with van der Waals surface area (Å²) in [5, 5.41) is 0. The molecule has 0 aromatic rings. The highest BCUT2D eigenvalue weighted by Crippen LogP contribution is 2.29. The average molecular weight is 447 g/mol. The van der Waals surface area contributed by atoms with Gasteiger partial charge in [0.05, 0.1) is 0 Å². The van der Waals surface area contributed by atoms with E-state index in [2.05, 4.69) is 33.6 Å². The van der Waals surface area contributed by atoms with Gasteiger partial charge in [0.2, 0.25) is 0 Å². The van der Waals surface area contributed by atoms with E-state index in [0.29, 0.717) is 0 Å². The summed E-state index contributed by atoms with van der Waals surface area (Å²) in [5.74, 6) is 4.00. The molecule has 4 nitrogen and oxygen atoms in total. The molecule has 0 bridgehead atoms. The third-order valence-electron chi connectivity index (χ3n) is 9.70. The Morgan fingerprint density at radius 2 is 0.844 bits per heavy atom. The van der Waals surface area contributed by atoms with Crippen molar-refractivity contribution in [3.8, 4) is 0 Å². The number of rotatable bonds is 9. The van der Waals surface area contributed by atoms with Crippen LogP contribution in [-0.4, -0.2) is 98.6 Å². The van der Waals surface area contributed by atoms with Crippen LogP contribution < -0.4 is 0 Å². The quantitative estimate of drug-likeness (QED) is 0.511. The van der Waals surface area contributed by atoms with Gasteiger partial charge in [-0.1, -0.05) is 19.8 Å². The second kappa shape index (κ2) is 13.1. The summed E-state index contributed by atoms with van der Waals surface area (Å²) in [7, 11) is 2.28. The third-order valence-corrected chi connectivity index (χ3v) is 9.70. The topological polar surface area (TPSA) is 13.0 Å². The second-order valence-corrected chi connectivity index (χ2v) is 12.2. The summed E-state index contributed by atoms with van der Waals surface area (Å²) in [6, 6.07) is 0. The van der Waals surface area contributed by atoms with E-state index in [1.54, 1.807) is 0 Å². The molecule has 4 rings (SSSR count). The minimum Gasteiger partial charge on any atom is -0.306 e. The Hall–Kier alpha value is -0.160. The van der Waals surface area contributed by atoms with E-state index in [1.165, 1.54) is 143 Å². The molecular weight excluding hydrogens is 392 g/mol. The number of hydrogen-bond donors (Lipinski definition) is 0. The zero-order chi connectivity index (χ0) is 22.2. The predicted molar refractivity (Wildman–Crippen MR) is 137 cm³/mol. The Bertz CT molecular complexity index is 448. The van der Waals surface area contributed by atoms with E-state index in [0.717, 1.165) is 23.7 Å². The van der Waals surface area contributed by atoms with E-state index in [9.17, 15) is 0 Å². The first-order valence-corrected chi connectivity index (χ1v) is 14.5.